The molecule has 3 nitrogen and oxygen atoms in total. The molecule has 2 rings (SSSR count). The molecule has 1 heterocycles. The number of ether oxygens (including phenoxy) is 1. The first kappa shape index (κ1) is 14.3. The van der Waals surface area contributed by atoms with E-state index in [4.69, 9.17) is 10.5 Å². The number of nitrogens with two attached hydrogens (primary N) is 1. The van der Waals surface area contributed by atoms with Crippen molar-refractivity contribution in [2.75, 3.05) is 19.7 Å². The highest BCUT2D eigenvalue weighted by Gasteiger charge is 2.29. The smallest absolute Gasteiger partial charge is 0.0597 e. The first-order valence-corrected chi connectivity index (χ1v) is 7.79. The summed E-state index contributed by atoms with van der Waals surface area (Å²) in [6, 6.07) is 0.985. The van der Waals surface area contributed by atoms with Crippen molar-refractivity contribution in [3.8, 4) is 0 Å². The fraction of sp³-hybridized carbons (Fsp3) is 1.00. The summed E-state index contributed by atoms with van der Waals surface area (Å²) >= 11 is 0. The molecule has 106 valence electrons. The van der Waals surface area contributed by atoms with Crippen LogP contribution < -0.4 is 5.73 Å². The molecule has 2 N–H and O–H groups in total. The predicted octanol–water partition coefficient (Wildman–Crippen LogP) is 2.39. The van der Waals surface area contributed by atoms with Crippen molar-refractivity contribution in [2.45, 2.75) is 70.6 Å². The minimum absolute atomic E-state index is 0.385. The topological polar surface area (TPSA) is 38.5 Å². The van der Waals surface area contributed by atoms with Crippen LogP contribution in [0.3, 0.4) is 0 Å². The highest BCUT2D eigenvalue weighted by atomic mass is 16.5. The fourth-order valence-electron chi connectivity index (χ4n) is 3.36. The van der Waals surface area contributed by atoms with E-state index in [9.17, 15) is 0 Å². The van der Waals surface area contributed by atoms with Gasteiger partial charge < -0.3 is 10.5 Å². The van der Waals surface area contributed by atoms with Gasteiger partial charge in [0.05, 0.1) is 12.7 Å². The predicted molar refractivity (Wildman–Crippen MR) is 75.6 cm³/mol. The second-order valence-electron chi connectivity index (χ2n) is 6.22. The van der Waals surface area contributed by atoms with Crippen molar-refractivity contribution in [3.05, 3.63) is 0 Å². The van der Waals surface area contributed by atoms with E-state index in [0.29, 0.717) is 24.1 Å². The minimum atomic E-state index is 0.385. The zero-order valence-corrected chi connectivity index (χ0v) is 12.1. The normalized spacial score (nSPS) is 35.8. The lowest BCUT2D eigenvalue weighted by Gasteiger charge is -2.41. The number of hydrogen-bond donors (Lipinski definition) is 1. The third kappa shape index (κ3) is 3.69. The Hall–Kier alpha value is -0.120. The second-order valence-corrected chi connectivity index (χ2v) is 6.22. The average Bonchev–Trinajstić information content (AvgIpc) is 2.40. The summed E-state index contributed by atoms with van der Waals surface area (Å²) in [5.74, 6) is 0.605. The van der Waals surface area contributed by atoms with Crippen LogP contribution in [0.2, 0.25) is 0 Å². The van der Waals surface area contributed by atoms with E-state index in [0.717, 1.165) is 26.1 Å². The van der Waals surface area contributed by atoms with Gasteiger partial charge in [-0.05, 0) is 32.1 Å². The van der Waals surface area contributed by atoms with Gasteiger partial charge in [-0.25, -0.2) is 0 Å². The third-order valence-corrected chi connectivity index (χ3v) is 5.05. The minimum Gasteiger partial charge on any atom is -0.377 e. The molecule has 3 atom stereocenters. The number of piperidine rings is 1. The lowest BCUT2D eigenvalue weighted by atomic mass is 9.88. The largest absolute Gasteiger partial charge is 0.377 e. The van der Waals surface area contributed by atoms with Crippen molar-refractivity contribution in [3.63, 3.8) is 0 Å². The highest BCUT2D eigenvalue weighted by Crippen LogP contribution is 2.23. The molecule has 0 bridgehead atoms. The van der Waals surface area contributed by atoms with Crippen LogP contribution in [0.25, 0.3) is 0 Å². The Morgan fingerprint density at radius 2 is 1.83 bits per heavy atom. The van der Waals surface area contributed by atoms with Gasteiger partial charge in [-0.2, -0.15) is 0 Å². The average molecular weight is 254 g/mol. The highest BCUT2D eigenvalue weighted by molar-refractivity contribution is 4.86. The Kier molecular flexibility index (Phi) is 5.46. The molecule has 1 aliphatic carbocycles. The molecule has 3 unspecified atom stereocenters. The molecule has 0 aromatic heterocycles. The molecule has 18 heavy (non-hydrogen) atoms. The van der Waals surface area contributed by atoms with Gasteiger partial charge in [0.25, 0.3) is 0 Å². The quantitative estimate of drug-likeness (QED) is 0.837. The van der Waals surface area contributed by atoms with Crippen molar-refractivity contribution in [1.29, 1.82) is 0 Å². The fourth-order valence-corrected chi connectivity index (χ4v) is 3.36. The molecule has 3 heteroatoms. The molecule has 2 aliphatic rings. The van der Waals surface area contributed by atoms with Crippen molar-refractivity contribution >= 4 is 0 Å². The van der Waals surface area contributed by atoms with Gasteiger partial charge in [0, 0.05) is 25.2 Å². The van der Waals surface area contributed by atoms with Crippen molar-refractivity contribution < 1.29 is 4.74 Å². The molecule has 1 saturated heterocycles. The molecule has 2 fully saturated rings. The van der Waals surface area contributed by atoms with Gasteiger partial charge >= 0.3 is 0 Å². The molecule has 0 spiro atoms. The van der Waals surface area contributed by atoms with E-state index in [1.54, 1.807) is 0 Å². The molecule has 0 aromatic rings. The Bertz CT molecular complexity index is 241. The molecule has 0 aromatic carbocycles. The van der Waals surface area contributed by atoms with E-state index in [2.05, 4.69) is 18.7 Å². The molecule has 0 radical (unpaired) electrons. The van der Waals surface area contributed by atoms with Crippen LogP contribution in [0.1, 0.15) is 52.4 Å². The Morgan fingerprint density at radius 1 is 1.11 bits per heavy atom. The summed E-state index contributed by atoms with van der Waals surface area (Å²) in [5.41, 5.74) is 6.12. The Morgan fingerprint density at radius 3 is 2.56 bits per heavy atom. The lowest BCUT2D eigenvalue weighted by molar-refractivity contribution is -0.000913. The first-order chi connectivity index (χ1) is 8.68. The number of rotatable bonds is 4. The summed E-state index contributed by atoms with van der Waals surface area (Å²) in [5, 5.41) is 0. The molecule has 0 amide bonds. The van der Waals surface area contributed by atoms with E-state index in [1.807, 2.05) is 0 Å². The maximum atomic E-state index is 6.12. The molecule has 1 saturated carbocycles. The van der Waals surface area contributed by atoms with Crippen LogP contribution in [-0.4, -0.2) is 42.8 Å². The number of nitrogens with zero attached hydrogens (tertiary/aromatic N) is 1. The van der Waals surface area contributed by atoms with Gasteiger partial charge in [0.15, 0.2) is 0 Å². The third-order valence-electron chi connectivity index (χ3n) is 5.05. The Labute approximate surface area is 112 Å². The SMILES string of the molecule is CC1C(N)CCN(CCOC2CCCCC2)C1C. The number of hydrogen-bond acceptors (Lipinski definition) is 3. The van der Waals surface area contributed by atoms with Gasteiger partial charge in [-0.15, -0.1) is 0 Å². The maximum Gasteiger partial charge on any atom is 0.0597 e. The van der Waals surface area contributed by atoms with E-state index in [-0.39, 0.29) is 0 Å². The monoisotopic (exact) mass is 254 g/mol. The van der Waals surface area contributed by atoms with Crippen LogP contribution >= 0.6 is 0 Å². The van der Waals surface area contributed by atoms with E-state index in [1.165, 1.54) is 32.1 Å². The standard InChI is InChI=1S/C15H30N2O/c1-12-13(2)17(9-8-15(12)16)10-11-18-14-6-4-3-5-7-14/h12-15H,3-11,16H2,1-2H3. The summed E-state index contributed by atoms with van der Waals surface area (Å²) in [6.45, 7) is 7.71. The first-order valence-electron chi connectivity index (χ1n) is 7.79. The van der Waals surface area contributed by atoms with E-state index < -0.39 is 0 Å². The molecular formula is C15H30N2O. The number of likely N-dealkylation sites (tertiary alicyclic amines) is 1. The van der Waals surface area contributed by atoms with Crippen LogP contribution in [0, 0.1) is 5.92 Å². The summed E-state index contributed by atoms with van der Waals surface area (Å²) in [7, 11) is 0. The molecular weight excluding hydrogens is 224 g/mol. The lowest BCUT2D eigenvalue weighted by Crippen LogP contribution is -2.52. The summed E-state index contributed by atoms with van der Waals surface area (Å²) in [4.78, 5) is 2.55. The Balaban J connectivity index is 1.66. The van der Waals surface area contributed by atoms with Crippen molar-refractivity contribution in [1.82, 2.24) is 4.90 Å². The van der Waals surface area contributed by atoms with Gasteiger partial charge in [-0.3, -0.25) is 4.90 Å². The van der Waals surface area contributed by atoms with Gasteiger partial charge in [-0.1, -0.05) is 26.2 Å². The van der Waals surface area contributed by atoms with Crippen LogP contribution in [0.4, 0.5) is 0 Å². The van der Waals surface area contributed by atoms with Crippen LogP contribution in [0.15, 0.2) is 0 Å². The zero-order valence-electron chi connectivity index (χ0n) is 12.1. The van der Waals surface area contributed by atoms with Crippen LogP contribution in [-0.2, 0) is 4.74 Å². The second kappa shape index (κ2) is 6.88. The van der Waals surface area contributed by atoms with Gasteiger partial charge in [0.1, 0.15) is 0 Å². The zero-order chi connectivity index (χ0) is 13.0. The van der Waals surface area contributed by atoms with Gasteiger partial charge in [0.2, 0.25) is 0 Å². The maximum absolute atomic E-state index is 6.12. The molecule has 1 aliphatic heterocycles. The van der Waals surface area contributed by atoms with Crippen LogP contribution in [0.5, 0.6) is 0 Å². The van der Waals surface area contributed by atoms with Crippen molar-refractivity contribution in [2.24, 2.45) is 11.7 Å². The van der Waals surface area contributed by atoms with E-state index >= 15 is 0 Å². The summed E-state index contributed by atoms with van der Waals surface area (Å²) in [6.07, 6.45) is 8.34. The summed E-state index contributed by atoms with van der Waals surface area (Å²) < 4.78 is 6.02.